The lowest BCUT2D eigenvalue weighted by Gasteiger charge is -2.14. The second-order valence-corrected chi connectivity index (χ2v) is 5.99. The van der Waals surface area contributed by atoms with Crippen molar-refractivity contribution in [3.8, 4) is 0 Å². The van der Waals surface area contributed by atoms with Crippen molar-refractivity contribution in [3.63, 3.8) is 0 Å². The van der Waals surface area contributed by atoms with Crippen molar-refractivity contribution in [2.24, 2.45) is 5.73 Å². The third-order valence-electron chi connectivity index (χ3n) is 3.12. The van der Waals surface area contributed by atoms with Crippen molar-refractivity contribution in [3.05, 3.63) is 68.7 Å². The Morgan fingerprint density at radius 2 is 1.71 bits per heavy atom. The molecular formula is C15H12BrClF3N. The fraction of sp³-hybridized carbons (Fsp3) is 0.200. The average molecular weight is 379 g/mol. The van der Waals surface area contributed by atoms with Gasteiger partial charge < -0.3 is 5.73 Å². The molecule has 0 aliphatic rings. The molecule has 21 heavy (non-hydrogen) atoms. The number of halogens is 5. The highest BCUT2D eigenvalue weighted by Gasteiger charge is 2.30. The summed E-state index contributed by atoms with van der Waals surface area (Å²) in [7, 11) is 0. The zero-order chi connectivity index (χ0) is 15.6. The van der Waals surface area contributed by atoms with Crippen LogP contribution in [0.4, 0.5) is 13.2 Å². The molecule has 2 aromatic carbocycles. The van der Waals surface area contributed by atoms with Crippen molar-refractivity contribution < 1.29 is 13.2 Å². The summed E-state index contributed by atoms with van der Waals surface area (Å²) in [5.74, 6) is 0. The quantitative estimate of drug-likeness (QED) is 0.764. The zero-order valence-electron chi connectivity index (χ0n) is 10.8. The van der Waals surface area contributed by atoms with Gasteiger partial charge in [-0.25, -0.2) is 0 Å². The van der Waals surface area contributed by atoms with Gasteiger partial charge in [-0.1, -0.05) is 45.7 Å². The van der Waals surface area contributed by atoms with Crippen LogP contribution in [0.15, 0.2) is 46.9 Å². The Hall–Kier alpha value is -1.04. The fourth-order valence-electron chi connectivity index (χ4n) is 1.96. The van der Waals surface area contributed by atoms with Gasteiger partial charge in [0.25, 0.3) is 0 Å². The minimum absolute atomic E-state index is 0.411. The van der Waals surface area contributed by atoms with Crippen LogP contribution in [0.2, 0.25) is 5.02 Å². The van der Waals surface area contributed by atoms with Crippen molar-refractivity contribution in [2.75, 3.05) is 0 Å². The SMILES string of the molecule is NC(Cc1ccc(Br)cc1Cl)c1ccc(C(F)(F)F)cc1. The van der Waals surface area contributed by atoms with Crippen LogP contribution in [0.1, 0.15) is 22.7 Å². The highest BCUT2D eigenvalue weighted by molar-refractivity contribution is 9.10. The van der Waals surface area contributed by atoms with Crippen molar-refractivity contribution in [2.45, 2.75) is 18.6 Å². The van der Waals surface area contributed by atoms with Gasteiger partial charge in [0.2, 0.25) is 0 Å². The number of nitrogens with two attached hydrogens (primary N) is 1. The second-order valence-electron chi connectivity index (χ2n) is 4.67. The summed E-state index contributed by atoms with van der Waals surface area (Å²) in [5, 5.41) is 0.576. The molecule has 2 aromatic rings. The summed E-state index contributed by atoms with van der Waals surface area (Å²) in [4.78, 5) is 0. The summed E-state index contributed by atoms with van der Waals surface area (Å²) >= 11 is 9.42. The lowest BCUT2D eigenvalue weighted by molar-refractivity contribution is -0.137. The highest BCUT2D eigenvalue weighted by Crippen LogP contribution is 2.30. The van der Waals surface area contributed by atoms with E-state index in [9.17, 15) is 13.2 Å². The first kappa shape index (κ1) is 16.3. The Balaban J connectivity index is 2.15. The van der Waals surface area contributed by atoms with E-state index in [4.69, 9.17) is 17.3 Å². The number of hydrogen-bond donors (Lipinski definition) is 1. The van der Waals surface area contributed by atoms with E-state index in [0.29, 0.717) is 17.0 Å². The molecule has 1 unspecified atom stereocenters. The first-order valence-electron chi connectivity index (χ1n) is 6.14. The molecule has 0 heterocycles. The summed E-state index contributed by atoms with van der Waals surface area (Å²) in [6.07, 6.45) is -3.88. The minimum atomic E-state index is -4.34. The standard InChI is InChI=1S/C15H12BrClF3N/c16-12-6-3-10(13(17)8-12)7-14(21)9-1-4-11(5-2-9)15(18,19)20/h1-6,8,14H,7,21H2. The normalized spacial score (nSPS) is 13.2. The van der Waals surface area contributed by atoms with Gasteiger partial charge in [-0.15, -0.1) is 0 Å². The predicted octanol–water partition coefficient (Wildman–Crippen LogP) is 5.36. The molecule has 0 spiro atoms. The Kier molecular flexibility index (Phi) is 4.96. The Bertz CT molecular complexity index is 626. The Morgan fingerprint density at radius 1 is 1.10 bits per heavy atom. The van der Waals surface area contributed by atoms with Gasteiger partial charge in [0, 0.05) is 15.5 Å². The molecule has 0 fully saturated rings. The third kappa shape index (κ3) is 4.22. The maximum Gasteiger partial charge on any atom is 0.416 e. The molecule has 0 aliphatic heterocycles. The topological polar surface area (TPSA) is 26.0 Å². The van der Waals surface area contributed by atoms with Crippen LogP contribution in [0.25, 0.3) is 0 Å². The van der Waals surface area contributed by atoms with Crippen LogP contribution in [-0.2, 0) is 12.6 Å². The molecule has 112 valence electrons. The molecule has 0 bridgehead atoms. The van der Waals surface area contributed by atoms with Crippen LogP contribution in [0.3, 0.4) is 0 Å². The van der Waals surface area contributed by atoms with E-state index in [1.807, 2.05) is 12.1 Å². The second kappa shape index (κ2) is 6.38. The number of rotatable bonds is 3. The van der Waals surface area contributed by atoms with E-state index in [2.05, 4.69) is 15.9 Å². The predicted molar refractivity (Wildman–Crippen MR) is 81.2 cm³/mol. The number of hydrogen-bond acceptors (Lipinski definition) is 1. The first-order chi connectivity index (χ1) is 9.77. The molecule has 0 saturated heterocycles. The summed E-state index contributed by atoms with van der Waals surface area (Å²) in [6.45, 7) is 0. The maximum atomic E-state index is 12.5. The van der Waals surface area contributed by atoms with E-state index in [1.165, 1.54) is 12.1 Å². The molecule has 2 N–H and O–H groups in total. The van der Waals surface area contributed by atoms with E-state index in [0.717, 1.165) is 22.2 Å². The first-order valence-corrected chi connectivity index (χ1v) is 7.31. The van der Waals surface area contributed by atoms with E-state index in [1.54, 1.807) is 6.07 Å². The smallest absolute Gasteiger partial charge is 0.324 e. The van der Waals surface area contributed by atoms with Crippen LogP contribution in [-0.4, -0.2) is 0 Å². The molecular weight excluding hydrogens is 367 g/mol. The minimum Gasteiger partial charge on any atom is -0.324 e. The molecule has 6 heteroatoms. The molecule has 1 nitrogen and oxygen atoms in total. The molecule has 0 saturated carbocycles. The number of benzene rings is 2. The molecule has 1 atom stereocenters. The van der Waals surface area contributed by atoms with Crippen LogP contribution >= 0.6 is 27.5 Å². The molecule has 0 aliphatic carbocycles. The van der Waals surface area contributed by atoms with Gasteiger partial charge in [-0.2, -0.15) is 13.2 Å². The van der Waals surface area contributed by atoms with Gasteiger partial charge in [0.15, 0.2) is 0 Å². The van der Waals surface area contributed by atoms with E-state index < -0.39 is 17.8 Å². The van der Waals surface area contributed by atoms with Crippen molar-refractivity contribution in [1.29, 1.82) is 0 Å². The van der Waals surface area contributed by atoms with Gasteiger partial charge in [-0.3, -0.25) is 0 Å². The lowest BCUT2D eigenvalue weighted by atomic mass is 9.98. The highest BCUT2D eigenvalue weighted by atomic mass is 79.9. The van der Waals surface area contributed by atoms with Gasteiger partial charge in [0.05, 0.1) is 5.56 Å². The zero-order valence-corrected chi connectivity index (χ0v) is 13.1. The van der Waals surface area contributed by atoms with Crippen molar-refractivity contribution in [1.82, 2.24) is 0 Å². The molecule has 0 radical (unpaired) electrons. The van der Waals surface area contributed by atoms with Crippen molar-refractivity contribution >= 4 is 27.5 Å². The Morgan fingerprint density at radius 3 is 2.24 bits per heavy atom. The molecule has 2 rings (SSSR count). The monoisotopic (exact) mass is 377 g/mol. The summed E-state index contributed by atoms with van der Waals surface area (Å²) in [6, 6.07) is 9.93. The third-order valence-corrected chi connectivity index (χ3v) is 3.97. The molecule has 0 aromatic heterocycles. The van der Waals surface area contributed by atoms with Crippen LogP contribution in [0.5, 0.6) is 0 Å². The van der Waals surface area contributed by atoms with Crippen LogP contribution < -0.4 is 5.73 Å². The molecule has 0 amide bonds. The summed E-state index contributed by atoms with van der Waals surface area (Å²) < 4.78 is 38.4. The average Bonchev–Trinajstić information content (AvgIpc) is 2.41. The van der Waals surface area contributed by atoms with E-state index in [-0.39, 0.29) is 0 Å². The van der Waals surface area contributed by atoms with Gasteiger partial charge >= 0.3 is 6.18 Å². The fourth-order valence-corrected chi connectivity index (χ4v) is 2.71. The number of alkyl halides is 3. The summed E-state index contributed by atoms with van der Waals surface area (Å²) in [5.41, 5.74) is 6.86. The largest absolute Gasteiger partial charge is 0.416 e. The van der Waals surface area contributed by atoms with Crippen LogP contribution in [0, 0.1) is 0 Å². The van der Waals surface area contributed by atoms with Gasteiger partial charge in [0.1, 0.15) is 0 Å². The lowest BCUT2D eigenvalue weighted by Crippen LogP contribution is -2.14. The van der Waals surface area contributed by atoms with Gasteiger partial charge in [-0.05, 0) is 41.8 Å². The maximum absolute atomic E-state index is 12.5. The van der Waals surface area contributed by atoms with E-state index >= 15 is 0 Å². The Labute approximate surface area is 134 Å².